The second-order valence-corrected chi connectivity index (χ2v) is 19.0. The first-order valence-electron chi connectivity index (χ1n) is 21.3. The number of benzene rings is 3. The molecule has 3 saturated heterocycles. The Balaban J connectivity index is 1.01. The van der Waals surface area contributed by atoms with Gasteiger partial charge in [-0.2, -0.15) is 5.10 Å². The lowest BCUT2D eigenvalue weighted by atomic mass is 9.51. The average Bonchev–Trinajstić information content (AvgIpc) is 3.92. The van der Waals surface area contributed by atoms with Crippen molar-refractivity contribution in [2.75, 3.05) is 24.6 Å². The highest BCUT2D eigenvalue weighted by Crippen LogP contribution is 2.65. The molecule has 1 saturated carbocycles. The molecule has 61 heavy (non-hydrogen) atoms. The fourth-order valence-electron chi connectivity index (χ4n) is 11.4. The van der Waals surface area contributed by atoms with E-state index in [9.17, 15) is 14.7 Å². The Morgan fingerprint density at radius 3 is 2.48 bits per heavy atom. The lowest BCUT2D eigenvalue weighted by molar-refractivity contribution is -0.144. The first-order chi connectivity index (χ1) is 29.4. The van der Waals surface area contributed by atoms with Gasteiger partial charge in [-0.05, 0) is 93.2 Å². The number of ether oxygens (including phenoxy) is 1. The Hall–Kier alpha value is -5.30. The van der Waals surface area contributed by atoms with Crippen LogP contribution in [0.1, 0.15) is 62.1 Å². The number of likely N-dealkylation sites (tertiary alicyclic amines) is 2. The maximum absolute atomic E-state index is 15.3. The van der Waals surface area contributed by atoms with Gasteiger partial charge in [0.05, 0.1) is 34.7 Å². The van der Waals surface area contributed by atoms with Crippen molar-refractivity contribution in [3.8, 4) is 22.1 Å². The second kappa shape index (κ2) is 15.0. The summed E-state index contributed by atoms with van der Waals surface area (Å²) in [7, 11) is 1.73. The van der Waals surface area contributed by atoms with Crippen molar-refractivity contribution in [1.29, 1.82) is 0 Å². The number of carbonyl (C=O) groups is 4. The summed E-state index contributed by atoms with van der Waals surface area (Å²) in [4.78, 5) is 65.7. The lowest BCUT2D eigenvalue weighted by Gasteiger charge is -2.49. The number of amides is 4. The van der Waals surface area contributed by atoms with Crippen LogP contribution in [0.3, 0.4) is 0 Å². The highest BCUT2D eigenvalue weighted by atomic mass is 35.5. The number of allylic oxidation sites excluding steroid dienone is 2. The Bertz CT molecular complexity index is 2670. The number of aromatic nitrogens is 2. The number of hydrogen-bond acceptors (Lipinski definition) is 9. The number of carbonyl (C=O) groups excluding carboxylic acids is 4. The highest BCUT2D eigenvalue weighted by Gasteiger charge is 2.68. The number of nitrogens with zero attached hydrogens (tertiary/aromatic N) is 5. The van der Waals surface area contributed by atoms with E-state index in [0.717, 1.165) is 45.7 Å². The first-order valence-corrected chi connectivity index (χ1v) is 22.5. The molecule has 0 spiro atoms. The molecule has 2 aromatic heterocycles. The summed E-state index contributed by atoms with van der Waals surface area (Å²) in [5.41, 5.74) is 2.80. The van der Waals surface area contributed by atoms with Gasteiger partial charge in [0.1, 0.15) is 11.5 Å². The maximum Gasteiger partial charge on any atom is 0.242 e. The molecule has 4 amide bonds. The van der Waals surface area contributed by atoms with Gasteiger partial charge in [0, 0.05) is 60.0 Å². The average molecular weight is 858 g/mol. The normalized spacial score (nSPS) is 26.8. The summed E-state index contributed by atoms with van der Waals surface area (Å²) in [5.74, 6) is -3.96. The van der Waals surface area contributed by atoms with Gasteiger partial charge in [-0.1, -0.05) is 65.7 Å². The zero-order valence-electron chi connectivity index (χ0n) is 34.6. The Morgan fingerprint density at radius 2 is 1.72 bits per heavy atom. The van der Waals surface area contributed by atoms with Gasteiger partial charge in [0.25, 0.3) is 0 Å². The first kappa shape index (κ1) is 39.8. The van der Waals surface area contributed by atoms with Crippen molar-refractivity contribution >= 4 is 62.5 Å². The van der Waals surface area contributed by atoms with E-state index in [4.69, 9.17) is 21.4 Å². The van der Waals surface area contributed by atoms with Crippen molar-refractivity contribution in [3.63, 3.8) is 0 Å². The molecule has 3 aliphatic heterocycles. The summed E-state index contributed by atoms with van der Waals surface area (Å²) >= 11 is 7.93. The molecule has 6 unspecified atom stereocenters. The molecule has 4 fully saturated rings. The molecule has 314 valence electrons. The van der Waals surface area contributed by atoms with Crippen molar-refractivity contribution in [3.05, 3.63) is 106 Å². The number of rotatable bonds is 8. The highest BCUT2D eigenvalue weighted by molar-refractivity contribution is 7.22. The van der Waals surface area contributed by atoms with Crippen LogP contribution in [-0.4, -0.2) is 74.1 Å². The quantitative estimate of drug-likeness (QED) is 0.122. The summed E-state index contributed by atoms with van der Waals surface area (Å²) in [6.45, 7) is 8.36. The van der Waals surface area contributed by atoms with E-state index in [0.29, 0.717) is 48.0 Å². The van der Waals surface area contributed by atoms with E-state index < -0.39 is 40.9 Å². The Morgan fingerprint density at radius 1 is 0.951 bits per heavy atom. The fourth-order valence-corrected chi connectivity index (χ4v) is 12.7. The Kier molecular flexibility index (Phi) is 9.76. The molecule has 13 heteroatoms. The molecule has 2 aliphatic carbocycles. The fraction of sp³-hybridized carbons (Fsp3) is 0.396. The topological polar surface area (TPSA) is 125 Å². The summed E-state index contributed by atoms with van der Waals surface area (Å²) in [6.07, 6.45) is 3.97. The van der Waals surface area contributed by atoms with Crippen LogP contribution in [0.5, 0.6) is 11.5 Å². The number of piperidine rings is 1. The molecule has 5 heterocycles. The number of thiophene rings is 1. The number of para-hydroxylation sites is 1. The number of aryl methyl sites for hydroxylation is 2. The van der Waals surface area contributed by atoms with Crippen LogP contribution in [0.2, 0.25) is 5.02 Å². The standard InChI is InChI=1S/C48H48ClN5O6S/c1-5-60-37-13-9-12-32(42(37)55)41-30-15-16-31-40(46(58)53(44(31)56)29-18-20-52(21-19-29)25-27-10-7-6-8-11-27)34(30)23-35-45(57)54(47(59)48(35,41)3)39-24-36(50-51(39)4)43-26(2)33-22-28(49)14-17-38(33)61-43/h6-15,17,22,24,29,31,34-35,40-41,55H,5,16,18-21,23,25H2,1-4H3. The molecule has 10 rings (SSSR count). The molecule has 3 aromatic carbocycles. The third-order valence-electron chi connectivity index (χ3n) is 14.3. The van der Waals surface area contributed by atoms with Crippen LogP contribution in [0, 0.1) is 36.0 Å². The van der Waals surface area contributed by atoms with E-state index in [2.05, 4.69) is 17.0 Å². The molecular formula is C48H48ClN5O6S. The zero-order valence-corrected chi connectivity index (χ0v) is 36.2. The van der Waals surface area contributed by atoms with Crippen molar-refractivity contribution in [2.24, 2.45) is 36.1 Å². The second-order valence-electron chi connectivity index (χ2n) is 17.5. The van der Waals surface area contributed by atoms with Crippen LogP contribution in [0.15, 0.2) is 84.4 Å². The van der Waals surface area contributed by atoms with Crippen LogP contribution in [0.25, 0.3) is 20.7 Å². The van der Waals surface area contributed by atoms with Crippen molar-refractivity contribution < 1.29 is 29.0 Å². The van der Waals surface area contributed by atoms with Crippen LogP contribution < -0.4 is 9.64 Å². The van der Waals surface area contributed by atoms with E-state index >= 15 is 9.59 Å². The third-order valence-corrected chi connectivity index (χ3v) is 15.9. The minimum Gasteiger partial charge on any atom is -0.504 e. The lowest BCUT2D eigenvalue weighted by Crippen LogP contribution is -2.49. The predicted molar refractivity (Wildman–Crippen MR) is 234 cm³/mol. The maximum atomic E-state index is 15.3. The number of aromatic hydroxyl groups is 1. The molecule has 0 bridgehead atoms. The third kappa shape index (κ3) is 6.11. The van der Waals surface area contributed by atoms with Gasteiger partial charge >= 0.3 is 0 Å². The van der Waals surface area contributed by atoms with Gasteiger partial charge in [-0.3, -0.25) is 33.7 Å². The van der Waals surface area contributed by atoms with E-state index in [1.54, 1.807) is 52.2 Å². The van der Waals surface area contributed by atoms with Gasteiger partial charge in [-0.25, -0.2) is 4.90 Å². The minimum atomic E-state index is -1.35. The number of phenolic OH excluding ortho intramolecular Hbond substituents is 1. The summed E-state index contributed by atoms with van der Waals surface area (Å²) in [5, 5.41) is 18.4. The number of anilines is 1. The van der Waals surface area contributed by atoms with Gasteiger partial charge in [0.15, 0.2) is 11.5 Å². The van der Waals surface area contributed by atoms with Crippen LogP contribution in [0.4, 0.5) is 5.82 Å². The molecular weight excluding hydrogens is 810 g/mol. The molecule has 5 aromatic rings. The van der Waals surface area contributed by atoms with E-state index in [1.807, 2.05) is 63.2 Å². The number of fused-ring (bicyclic) bond motifs is 5. The largest absolute Gasteiger partial charge is 0.504 e. The van der Waals surface area contributed by atoms with Crippen LogP contribution >= 0.6 is 22.9 Å². The Labute approximate surface area is 363 Å². The molecule has 6 atom stereocenters. The number of hydrogen-bond donors (Lipinski definition) is 1. The zero-order chi connectivity index (χ0) is 42.5. The molecule has 5 aliphatic rings. The van der Waals surface area contributed by atoms with Crippen LogP contribution in [-0.2, 0) is 32.8 Å². The molecule has 1 N–H and O–H groups in total. The van der Waals surface area contributed by atoms with E-state index in [-0.39, 0.29) is 41.7 Å². The monoisotopic (exact) mass is 857 g/mol. The minimum absolute atomic E-state index is 0.0995. The number of imide groups is 2. The van der Waals surface area contributed by atoms with E-state index in [1.165, 1.54) is 10.5 Å². The number of halogens is 1. The SMILES string of the molecule is CCOc1cccc(C2C3=CCC4C(=O)N(C5CCN(Cc6ccccc6)CC5)C(=O)C4C3CC3C(=O)N(c4cc(-c5sc6ccc(Cl)cc6c5C)nn4C)C(=O)C32C)c1O. The van der Waals surface area contributed by atoms with Crippen molar-refractivity contribution in [1.82, 2.24) is 19.6 Å². The molecule has 11 nitrogen and oxygen atoms in total. The molecule has 0 radical (unpaired) electrons. The van der Waals surface area contributed by atoms with Gasteiger partial charge in [0.2, 0.25) is 23.6 Å². The van der Waals surface area contributed by atoms with Crippen molar-refractivity contribution in [2.45, 2.75) is 65.0 Å². The summed E-state index contributed by atoms with van der Waals surface area (Å²) in [6, 6.07) is 22.9. The van der Waals surface area contributed by atoms with Gasteiger partial charge in [-0.15, -0.1) is 11.3 Å². The number of phenols is 1. The summed E-state index contributed by atoms with van der Waals surface area (Å²) < 4.78 is 8.48. The van der Waals surface area contributed by atoms with Gasteiger partial charge < -0.3 is 9.84 Å². The smallest absolute Gasteiger partial charge is 0.242 e. The predicted octanol–water partition coefficient (Wildman–Crippen LogP) is 8.26.